The summed E-state index contributed by atoms with van der Waals surface area (Å²) < 4.78 is 1.73. The van der Waals surface area contributed by atoms with Crippen LogP contribution in [0.3, 0.4) is 0 Å². The van der Waals surface area contributed by atoms with E-state index in [-0.39, 0.29) is 11.7 Å². The maximum atomic E-state index is 12.2. The van der Waals surface area contributed by atoms with Gasteiger partial charge in [0.15, 0.2) is 5.13 Å². The zero-order valence-electron chi connectivity index (χ0n) is 12.7. The minimum atomic E-state index is -0.205. The third-order valence-electron chi connectivity index (χ3n) is 3.20. The molecule has 3 N–H and O–H groups in total. The van der Waals surface area contributed by atoms with Crippen molar-refractivity contribution >= 4 is 28.2 Å². The van der Waals surface area contributed by atoms with E-state index in [2.05, 4.69) is 15.4 Å². The van der Waals surface area contributed by atoms with Crippen LogP contribution in [0.5, 0.6) is 0 Å². The fourth-order valence-electron chi connectivity index (χ4n) is 1.86. The summed E-state index contributed by atoms with van der Waals surface area (Å²) in [6.07, 6.45) is 1.89. The normalized spacial score (nSPS) is 10.7. The van der Waals surface area contributed by atoms with Crippen LogP contribution in [-0.4, -0.2) is 34.3 Å². The van der Waals surface area contributed by atoms with Crippen molar-refractivity contribution in [3.8, 4) is 0 Å². The van der Waals surface area contributed by atoms with E-state index < -0.39 is 0 Å². The van der Waals surface area contributed by atoms with E-state index in [4.69, 9.17) is 5.73 Å². The lowest BCUT2D eigenvalue weighted by Crippen LogP contribution is -2.22. The second-order valence-electron chi connectivity index (χ2n) is 4.82. The van der Waals surface area contributed by atoms with Crippen LogP contribution in [-0.2, 0) is 13.6 Å². The van der Waals surface area contributed by atoms with Crippen LogP contribution in [0.1, 0.15) is 27.9 Å². The fraction of sp³-hybridized carbons (Fsp3) is 0.462. The number of amides is 1. The molecule has 0 saturated heterocycles. The topological polar surface area (TPSA) is 89.1 Å². The van der Waals surface area contributed by atoms with Gasteiger partial charge in [0.2, 0.25) is 0 Å². The lowest BCUT2D eigenvalue weighted by atomic mass is 10.2. The maximum absolute atomic E-state index is 12.2. The number of nitrogen functional groups attached to an aromatic ring is 1. The Hall–Kier alpha value is -2.09. The number of nitrogens with two attached hydrogens (primary N) is 1. The molecular weight excluding hydrogens is 288 g/mol. The molecule has 2 heterocycles. The molecule has 0 radical (unpaired) electrons. The molecule has 0 aliphatic heterocycles. The Bertz CT molecular complexity index is 647. The number of nitrogens with zero attached hydrogens (tertiary/aromatic N) is 4. The SMILES string of the molecule is CCN(C)c1nc(N)c(C(=O)NCc2cn(C)nc2C)s1. The van der Waals surface area contributed by atoms with Gasteiger partial charge in [-0.25, -0.2) is 4.98 Å². The van der Waals surface area contributed by atoms with E-state index in [1.165, 1.54) is 11.3 Å². The quantitative estimate of drug-likeness (QED) is 0.865. The van der Waals surface area contributed by atoms with Crippen molar-refractivity contribution in [3.63, 3.8) is 0 Å². The van der Waals surface area contributed by atoms with Gasteiger partial charge < -0.3 is 16.0 Å². The van der Waals surface area contributed by atoms with Crippen molar-refractivity contribution in [2.24, 2.45) is 7.05 Å². The van der Waals surface area contributed by atoms with Crippen LogP contribution >= 0.6 is 11.3 Å². The van der Waals surface area contributed by atoms with Crippen molar-refractivity contribution in [2.45, 2.75) is 20.4 Å². The number of carbonyl (C=O) groups excluding carboxylic acids is 1. The molecule has 1 amide bonds. The van der Waals surface area contributed by atoms with Gasteiger partial charge in [0.1, 0.15) is 10.7 Å². The Morgan fingerprint density at radius 1 is 1.57 bits per heavy atom. The lowest BCUT2D eigenvalue weighted by molar-refractivity contribution is 0.0955. The summed E-state index contributed by atoms with van der Waals surface area (Å²) in [5.41, 5.74) is 7.72. The molecule has 114 valence electrons. The summed E-state index contributed by atoms with van der Waals surface area (Å²) in [6.45, 7) is 5.16. The molecule has 7 nitrogen and oxygen atoms in total. The van der Waals surface area contributed by atoms with Crippen LogP contribution < -0.4 is 16.0 Å². The second-order valence-corrected chi connectivity index (χ2v) is 5.80. The van der Waals surface area contributed by atoms with Crippen molar-refractivity contribution < 1.29 is 4.79 Å². The molecule has 0 unspecified atom stereocenters. The average molecular weight is 308 g/mol. The standard InChI is InChI=1S/C13H20N6OS/c1-5-18(3)13-16-11(14)10(21-13)12(20)15-6-9-7-19(4)17-8(9)2/h7H,5-6,14H2,1-4H3,(H,15,20). The zero-order valence-corrected chi connectivity index (χ0v) is 13.5. The Balaban J connectivity index is 2.07. The summed E-state index contributed by atoms with van der Waals surface area (Å²) >= 11 is 1.30. The van der Waals surface area contributed by atoms with Crippen LogP contribution in [0.2, 0.25) is 0 Å². The smallest absolute Gasteiger partial charge is 0.265 e. The molecule has 8 heteroatoms. The summed E-state index contributed by atoms with van der Waals surface area (Å²) in [5.74, 6) is 0.0692. The van der Waals surface area contributed by atoms with Gasteiger partial charge >= 0.3 is 0 Å². The fourth-order valence-corrected chi connectivity index (χ4v) is 2.79. The van der Waals surface area contributed by atoms with E-state index in [1.807, 2.05) is 39.0 Å². The second kappa shape index (κ2) is 6.13. The number of nitrogens with one attached hydrogen (secondary N) is 1. The van der Waals surface area contributed by atoms with Crippen molar-refractivity contribution in [1.82, 2.24) is 20.1 Å². The summed E-state index contributed by atoms with van der Waals surface area (Å²) in [5, 5.41) is 7.85. The van der Waals surface area contributed by atoms with E-state index >= 15 is 0 Å². The van der Waals surface area contributed by atoms with Crippen LogP contribution in [0.15, 0.2) is 6.20 Å². The number of hydrogen-bond donors (Lipinski definition) is 2. The Kier molecular flexibility index (Phi) is 4.46. The minimum absolute atomic E-state index is 0.205. The number of carbonyl (C=O) groups is 1. The Labute approximate surface area is 127 Å². The maximum Gasteiger partial charge on any atom is 0.265 e. The van der Waals surface area contributed by atoms with Crippen LogP contribution in [0.25, 0.3) is 0 Å². The number of aromatic nitrogens is 3. The van der Waals surface area contributed by atoms with E-state index in [0.29, 0.717) is 11.4 Å². The van der Waals surface area contributed by atoms with Gasteiger partial charge in [-0.1, -0.05) is 11.3 Å². The van der Waals surface area contributed by atoms with Crippen molar-refractivity contribution in [1.29, 1.82) is 0 Å². The average Bonchev–Trinajstić information content (AvgIpc) is 2.98. The molecule has 0 aliphatic rings. The lowest BCUT2D eigenvalue weighted by Gasteiger charge is -2.10. The molecule has 0 aromatic carbocycles. The summed E-state index contributed by atoms with van der Waals surface area (Å²) in [7, 11) is 3.77. The monoisotopic (exact) mass is 308 g/mol. The molecular formula is C13H20N6OS. The van der Waals surface area contributed by atoms with E-state index in [1.54, 1.807) is 4.68 Å². The van der Waals surface area contributed by atoms with Gasteiger partial charge in [0, 0.05) is 38.9 Å². The molecule has 2 aromatic heterocycles. The number of hydrogen-bond acceptors (Lipinski definition) is 6. The highest BCUT2D eigenvalue weighted by molar-refractivity contribution is 7.18. The first-order valence-electron chi connectivity index (χ1n) is 6.67. The summed E-state index contributed by atoms with van der Waals surface area (Å²) in [4.78, 5) is 18.8. The van der Waals surface area contributed by atoms with Gasteiger partial charge in [-0.05, 0) is 13.8 Å². The summed E-state index contributed by atoms with van der Waals surface area (Å²) in [6, 6.07) is 0. The zero-order chi connectivity index (χ0) is 15.6. The van der Waals surface area contributed by atoms with E-state index in [9.17, 15) is 4.79 Å². The molecule has 0 atom stereocenters. The Morgan fingerprint density at radius 2 is 2.29 bits per heavy atom. The first-order chi connectivity index (χ1) is 9.92. The van der Waals surface area contributed by atoms with Crippen LogP contribution in [0.4, 0.5) is 10.9 Å². The van der Waals surface area contributed by atoms with Crippen molar-refractivity contribution in [2.75, 3.05) is 24.2 Å². The molecule has 0 aliphatic carbocycles. The Morgan fingerprint density at radius 3 is 2.86 bits per heavy atom. The van der Waals surface area contributed by atoms with Gasteiger partial charge in [0.25, 0.3) is 5.91 Å². The first kappa shape index (κ1) is 15.3. The van der Waals surface area contributed by atoms with Gasteiger partial charge in [-0.2, -0.15) is 5.10 Å². The molecule has 0 fully saturated rings. The highest BCUT2D eigenvalue weighted by atomic mass is 32.1. The molecule has 0 saturated carbocycles. The number of anilines is 2. The molecule has 2 rings (SSSR count). The molecule has 0 spiro atoms. The highest BCUT2D eigenvalue weighted by Gasteiger charge is 2.18. The molecule has 2 aromatic rings. The predicted octanol–water partition coefficient (Wildman–Crippen LogP) is 1.15. The van der Waals surface area contributed by atoms with Gasteiger partial charge in [-0.3, -0.25) is 9.48 Å². The highest BCUT2D eigenvalue weighted by Crippen LogP contribution is 2.27. The van der Waals surface area contributed by atoms with Crippen molar-refractivity contribution in [3.05, 3.63) is 22.3 Å². The number of thiazole rings is 1. The predicted molar refractivity (Wildman–Crippen MR) is 84.6 cm³/mol. The minimum Gasteiger partial charge on any atom is -0.382 e. The van der Waals surface area contributed by atoms with Crippen LogP contribution in [0, 0.1) is 6.92 Å². The van der Waals surface area contributed by atoms with Gasteiger partial charge in [0.05, 0.1) is 5.69 Å². The third-order valence-corrected chi connectivity index (χ3v) is 4.39. The number of aryl methyl sites for hydroxylation is 2. The van der Waals surface area contributed by atoms with E-state index in [0.717, 1.165) is 22.9 Å². The first-order valence-corrected chi connectivity index (χ1v) is 7.48. The third kappa shape index (κ3) is 3.33. The molecule has 0 bridgehead atoms. The molecule has 21 heavy (non-hydrogen) atoms. The number of rotatable bonds is 5. The largest absolute Gasteiger partial charge is 0.382 e. The van der Waals surface area contributed by atoms with Gasteiger partial charge in [-0.15, -0.1) is 0 Å².